The number of likely N-dealkylation sites (N-methyl/N-ethyl adjacent to an activating group) is 1. The van der Waals surface area contributed by atoms with Gasteiger partial charge in [0.2, 0.25) is 5.91 Å². The summed E-state index contributed by atoms with van der Waals surface area (Å²) >= 11 is 7.67. The van der Waals surface area contributed by atoms with E-state index in [-0.39, 0.29) is 11.2 Å². The second-order valence-corrected chi connectivity index (χ2v) is 8.44. The van der Waals surface area contributed by atoms with E-state index in [9.17, 15) is 4.79 Å². The fraction of sp³-hybridized carbons (Fsp3) is 0.579. The van der Waals surface area contributed by atoms with Gasteiger partial charge in [0.15, 0.2) is 5.16 Å². The van der Waals surface area contributed by atoms with Crippen molar-refractivity contribution in [3.8, 4) is 0 Å². The lowest BCUT2D eigenvalue weighted by Crippen LogP contribution is -2.50. The lowest BCUT2D eigenvalue weighted by Gasteiger charge is -2.35. The number of aromatic nitrogens is 2. The van der Waals surface area contributed by atoms with Gasteiger partial charge in [0.1, 0.15) is 0 Å². The summed E-state index contributed by atoms with van der Waals surface area (Å²) in [6.45, 7) is 11.8. The molecule has 5 nitrogen and oxygen atoms in total. The standard InChI is InChI=1S/C19H27ClN4OS/c1-4-8-24-17-7-6-15(20)13-16(17)21-19(24)26-14(3)18(25)23-11-9-22(5-2)10-12-23/h6-7,13-14H,4-5,8-12H2,1-3H3. The predicted octanol–water partition coefficient (Wildman–Crippen LogP) is 3.74. The van der Waals surface area contributed by atoms with Gasteiger partial charge in [-0.2, -0.15) is 0 Å². The third kappa shape index (κ3) is 4.18. The Kier molecular flexibility index (Phi) is 6.48. The summed E-state index contributed by atoms with van der Waals surface area (Å²) in [6, 6.07) is 5.80. The van der Waals surface area contributed by atoms with Crippen molar-refractivity contribution in [3.63, 3.8) is 0 Å². The number of rotatable bonds is 6. The normalized spacial score (nSPS) is 17.0. The van der Waals surface area contributed by atoms with Crippen LogP contribution >= 0.6 is 23.4 Å². The monoisotopic (exact) mass is 394 g/mol. The SMILES string of the molecule is CCCn1c(SC(C)C(=O)N2CCN(CC)CC2)nc2cc(Cl)ccc21. The highest BCUT2D eigenvalue weighted by atomic mass is 35.5. The number of hydrogen-bond acceptors (Lipinski definition) is 4. The van der Waals surface area contributed by atoms with E-state index in [2.05, 4.69) is 23.3 Å². The van der Waals surface area contributed by atoms with Gasteiger partial charge < -0.3 is 14.4 Å². The number of amides is 1. The van der Waals surface area contributed by atoms with Crippen LogP contribution in [0.2, 0.25) is 5.02 Å². The molecule has 1 unspecified atom stereocenters. The molecule has 2 aromatic rings. The van der Waals surface area contributed by atoms with Gasteiger partial charge in [-0.25, -0.2) is 4.98 Å². The molecule has 0 saturated carbocycles. The summed E-state index contributed by atoms with van der Waals surface area (Å²) < 4.78 is 2.20. The number of carbonyl (C=O) groups excluding carboxylic acids is 1. The molecule has 26 heavy (non-hydrogen) atoms. The zero-order valence-corrected chi connectivity index (χ0v) is 17.3. The first-order valence-electron chi connectivity index (χ1n) is 9.37. The Morgan fingerprint density at radius 2 is 2.00 bits per heavy atom. The molecule has 7 heteroatoms. The second-order valence-electron chi connectivity index (χ2n) is 6.70. The highest BCUT2D eigenvalue weighted by Gasteiger charge is 2.26. The maximum atomic E-state index is 12.9. The van der Waals surface area contributed by atoms with Gasteiger partial charge in [0, 0.05) is 37.7 Å². The molecule has 0 bridgehead atoms. The van der Waals surface area contributed by atoms with Crippen LogP contribution < -0.4 is 0 Å². The topological polar surface area (TPSA) is 41.4 Å². The first-order chi connectivity index (χ1) is 12.5. The van der Waals surface area contributed by atoms with Gasteiger partial charge >= 0.3 is 0 Å². The molecule has 1 aliphatic rings. The number of aryl methyl sites for hydroxylation is 1. The van der Waals surface area contributed by atoms with E-state index in [1.54, 1.807) is 11.8 Å². The fourth-order valence-corrected chi connectivity index (χ4v) is 4.56. The Morgan fingerprint density at radius 1 is 1.27 bits per heavy atom. The number of benzene rings is 1. The fourth-order valence-electron chi connectivity index (χ4n) is 3.36. The van der Waals surface area contributed by atoms with Gasteiger partial charge in [-0.15, -0.1) is 0 Å². The van der Waals surface area contributed by atoms with Crippen molar-refractivity contribution < 1.29 is 4.79 Å². The zero-order valence-electron chi connectivity index (χ0n) is 15.7. The molecule has 1 atom stereocenters. The van der Waals surface area contributed by atoms with Crippen LogP contribution in [0.4, 0.5) is 0 Å². The molecule has 3 rings (SSSR count). The quantitative estimate of drug-likeness (QED) is 0.700. The number of nitrogens with zero attached hydrogens (tertiary/aromatic N) is 4. The molecular formula is C19H27ClN4OS. The maximum absolute atomic E-state index is 12.9. The number of fused-ring (bicyclic) bond motifs is 1. The Balaban J connectivity index is 1.75. The van der Waals surface area contributed by atoms with Crippen LogP contribution in [0.3, 0.4) is 0 Å². The number of carbonyl (C=O) groups is 1. The van der Waals surface area contributed by atoms with E-state index in [0.29, 0.717) is 5.02 Å². The molecule has 0 spiro atoms. The van der Waals surface area contributed by atoms with Crippen molar-refractivity contribution in [1.29, 1.82) is 0 Å². The van der Waals surface area contributed by atoms with E-state index in [4.69, 9.17) is 16.6 Å². The van der Waals surface area contributed by atoms with Gasteiger partial charge in [-0.3, -0.25) is 4.79 Å². The van der Waals surface area contributed by atoms with Crippen LogP contribution in [0.5, 0.6) is 0 Å². The Hall–Kier alpha value is -1.24. The Labute approximate surface area is 164 Å². The minimum atomic E-state index is -0.147. The van der Waals surface area contributed by atoms with Crippen LogP contribution in [0.25, 0.3) is 11.0 Å². The summed E-state index contributed by atoms with van der Waals surface area (Å²) in [4.78, 5) is 22.0. The van der Waals surface area contributed by atoms with Crippen molar-refractivity contribution in [2.45, 2.75) is 44.1 Å². The minimum Gasteiger partial charge on any atom is -0.339 e. The maximum Gasteiger partial charge on any atom is 0.235 e. The van der Waals surface area contributed by atoms with Crippen molar-refractivity contribution >= 4 is 40.3 Å². The van der Waals surface area contributed by atoms with Gasteiger partial charge in [-0.1, -0.05) is 37.2 Å². The molecular weight excluding hydrogens is 368 g/mol. The van der Waals surface area contributed by atoms with Crippen molar-refractivity contribution in [2.24, 2.45) is 0 Å². The molecule has 0 N–H and O–H groups in total. The van der Waals surface area contributed by atoms with Crippen LogP contribution in [0.15, 0.2) is 23.4 Å². The summed E-state index contributed by atoms with van der Waals surface area (Å²) in [7, 11) is 0. The van der Waals surface area contributed by atoms with E-state index < -0.39 is 0 Å². The molecule has 1 aromatic heterocycles. The average Bonchev–Trinajstić information content (AvgIpc) is 2.97. The first-order valence-corrected chi connectivity index (χ1v) is 10.6. The number of hydrogen-bond donors (Lipinski definition) is 0. The Bertz CT molecular complexity index is 770. The lowest BCUT2D eigenvalue weighted by molar-refractivity contribution is -0.132. The van der Waals surface area contributed by atoms with Crippen LogP contribution in [-0.4, -0.2) is 63.2 Å². The van der Waals surface area contributed by atoms with Crippen LogP contribution in [0, 0.1) is 0 Å². The molecule has 0 aliphatic carbocycles. The van der Waals surface area contributed by atoms with E-state index >= 15 is 0 Å². The highest BCUT2D eigenvalue weighted by molar-refractivity contribution is 8.00. The average molecular weight is 395 g/mol. The summed E-state index contributed by atoms with van der Waals surface area (Å²) in [5.74, 6) is 0.207. The molecule has 1 saturated heterocycles. The molecule has 1 aromatic carbocycles. The molecule has 1 aliphatic heterocycles. The smallest absolute Gasteiger partial charge is 0.235 e. The molecule has 1 fully saturated rings. The van der Waals surface area contributed by atoms with Gasteiger partial charge in [0.25, 0.3) is 0 Å². The van der Waals surface area contributed by atoms with Gasteiger partial charge in [-0.05, 0) is 38.1 Å². The van der Waals surface area contributed by atoms with Crippen LogP contribution in [0.1, 0.15) is 27.2 Å². The summed E-state index contributed by atoms with van der Waals surface area (Å²) in [5, 5.41) is 1.44. The lowest BCUT2D eigenvalue weighted by atomic mass is 10.3. The van der Waals surface area contributed by atoms with Crippen molar-refractivity contribution in [1.82, 2.24) is 19.4 Å². The molecule has 1 amide bonds. The zero-order chi connectivity index (χ0) is 18.7. The minimum absolute atomic E-state index is 0.147. The Morgan fingerprint density at radius 3 is 2.65 bits per heavy atom. The van der Waals surface area contributed by atoms with Crippen molar-refractivity contribution in [3.05, 3.63) is 23.2 Å². The highest BCUT2D eigenvalue weighted by Crippen LogP contribution is 2.30. The first kappa shape index (κ1) is 19.5. The summed E-state index contributed by atoms with van der Waals surface area (Å²) in [6.07, 6.45) is 1.02. The van der Waals surface area contributed by atoms with Crippen LogP contribution in [-0.2, 0) is 11.3 Å². The van der Waals surface area contributed by atoms with E-state index in [1.807, 2.05) is 30.0 Å². The third-order valence-corrected chi connectivity index (χ3v) is 6.20. The number of halogens is 1. The van der Waals surface area contributed by atoms with E-state index in [1.165, 1.54) is 0 Å². The third-order valence-electron chi connectivity index (χ3n) is 4.88. The predicted molar refractivity (Wildman–Crippen MR) is 109 cm³/mol. The second kappa shape index (κ2) is 8.63. The summed E-state index contributed by atoms with van der Waals surface area (Å²) in [5.41, 5.74) is 1.97. The van der Waals surface area contributed by atoms with E-state index in [0.717, 1.165) is 61.9 Å². The van der Waals surface area contributed by atoms with Gasteiger partial charge in [0.05, 0.1) is 16.3 Å². The number of piperazine rings is 1. The molecule has 142 valence electrons. The molecule has 2 heterocycles. The number of thioether (sulfide) groups is 1. The largest absolute Gasteiger partial charge is 0.339 e. The van der Waals surface area contributed by atoms with Crippen molar-refractivity contribution in [2.75, 3.05) is 32.7 Å². The number of imidazole rings is 1. The molecule has 0 radical (unpaired) electrons.